The maximum Gasteiger partial charge on any atom is 0.243 e. The Labute approximate surface area is 228 Å². The van der Waals surface area contributed by atoms with Crippen molar-refractivity contribution in [1.29, 1.82) is 0 Å². The van der Waals surface area contributed by atoms with Gasteiger partial charge in [-0.15, -0.1) is 0 Å². The van der Waals surface area contributed by atoms with Crippen LogP contribution >= 0.6 is 39.3 Å². The molecule has 184 valence electrons. The fraction of sp³-hybridized carbons (Fsp3) is 0.0741. The molecule has 0 heterocycles. The van der Waals surface area contributed by atoms with Gasteiger partial charge in [-0.25, -0.2) is 8.42 Å². The van der Waals surface area contributed by atoms with Crippen LogP contribution in [0.2, 0.25) is 5.02 Å². The van der Waals surface area contributed by atoms with Crippen LogP contribution in [0.5, 0.6) is 0 Å². The molecule has 4 aromatic carbocycles. The minimum Gasteiger partial charge on any atom is -0.324 e. The summed E-state index contributed by atoms with van der Waals surface area (Å²) in [5.74, 6) is -0.439. The first-order chi connectivity index (χ1) is 17.3. The van der Waals surface area contributed by atoms with E-state index < -0.39 is 15.9 Å². The van der Waals surface area contributed by atoms with E-state index in [2.05, 4.69) is 21.2 Å². The monoisotopic (exact) mass is 600 g/mol. The van der Waals surface area contributed by atoms with Crippen LogP contribution in [0.25, 0.3) is 0 Å². The van der Waals surface area contributed by atoms with Crippen molar-refractivity contribution in [2.45, 2.75) is 21.2 Å². The van der Waals surface area contributed by atoms with Crippen LogP contribution in [0, 0.1) is 0 Å². The number of carbonyl (C=O) groups is 1. The smallest absolute Gasteiger partial charge is 0.243 e. The Kier molecular flexibility index (Phi) is 8.87. The zero-order chi connectivity index (χ0) is 25.5. The Morgan fingerprint density at radius 2 is 1.50 bits per heavy atom. The van der Waals surface area contributed by atoms with Crippen molar-refractivity contribution in [1.82, 2.24) is 4.31 Å². The van der Waals surface area contributed by atoms with Crippen LogP contribution in [0.1, 0.15) is 5.56 Å². The molecule has 4 rings (SSSR count). The number of nitrogens with zero attached hydrogens (tertiary/aromatic N) is 1. The van der Waals surface area contributed by atoms with E-state index in [1.807, 2.05) is 72.8 Å². The van der Waals surface area contributed by atoms with Gasteiger partial charge in [0.05, 0.1) is 17.1 Å². The van der Waals surface area contributed by atoms with Gasteiger partial charge < -0.3 is 5.32 Å². The molecule has 36 heavy (non-hydrogen) atoms. The first kappa shape index (κ1) is 26.4. The number of para-hydroxylation sites is 1. The lowest BCUT2D eigenvalue weighted by atomic mass is 10.2. The number of hydrogen-bond acceptors (Lipinski definition) is 4. The van der Waals surface area contributed by atoms with E-state index in [1.54, 1.807) is 6.07 Å². The highest BCUT2D eigenvalue weighted by Crippen LogP contribution is 2.33. The summed E-state index contributed by atoms with van der Waals surface area (Å²) in [6.45, 7) is -0.322. The highest BCUT2D eigenvalue weighted by Gasteiger charge is 2.27. The molecule has 0 aliphatic carbocycles. The maximum atomic E-state index is 13.5. The first-order valence-corrected chi connectivity index (χ1v) is 14.4. The van der Waals surface area contributed by atoms with Gasteiger partial charge in [0.15, 0.2) is 0 Å². The fourth-order valence-corrected chi connectivity index (χ4v) is 6.10. The predicted molar refractivity (Wildman–Crippen MR) is 149 cm³/mol. The molecular weight excluding hydrogens is 580 g/mol. The number of sulfonamides is 1. The van der Waals surface area contributed by atoms with Crippen LogP contribution in [0.3, 0.4) is 0 Å². The van der Waals surface area contributed by atoms with Gasteiger partial charge in [-0.2, -0.15) is 4.31 Å². The molecule has 0 aliphatic rings. The summed E-state index contributed by atoms with van der Waals surface area (Å²) in [4.78, 5) is 15.1. The molecule has 0 radical (unpaired) electrons. The van der Waals surface area contributed by atoms with Crippen molar-refractivity contribution in [3.05, 3.63) is 118 Å². The molecule has 4 aromatic rings. The second-order valence-corrected chi connectivity index (χ2v) is 12.2. The van der Waals surface area contributed by atoms with E-state index in [1.165, 1.54) is 40.3 Å². The van der Waals surface area contributed by atoms with Gasteiger partial charge in [0.1, 0.15) is 0 Å². The van der Waals surface area contributed by atoms with E-state index in [9.17, 15) is 13.2 Å². The molecule has 9 heteroatoms. The third kappa shape index (κ3) is 6.99. The molecular formula is C27H22BrClN2O3S2. The van der Waals surface area contributed by atoms with Crippen LogP contribution < -0.4 is 5.32 Å². The highest BCUT2D eigenvalue weighted by atomic mass is 79.9. The zero-order valence-corrected chi connectivity index (χ0v) is 22.9. The summed E-state index contributed by atoms with van der Waals surface area (Å²) in [6.07, 6.45) is 0. The second-order valence-electron chi connectivity index (χ2n) is 7.81. The molecule has 1 amide bonds. The van der Waals surface area contributed by atoms with Gasteiger partial charge in [-0.3, -0.25) is 4.79 Å². The van der Waals surface area contributed by atoms with Gasteiger partial charge in [0.25, 0.3) is 0 Å². The molecule has 0 spiro atoms. The number of halogens is 2. The van der Waals surface area contributed by atoms with Gasteiger partial charge in [0, 0.05) is 25.8 Å². The largest absolute Gasteiger partial charge is 0.324 e. The summed E-state index contributed by atoms with van der Waals surface area (Å²) in [5.41, 5.74) is 1.37. The molecule has 1 N–H and O–H groups in total. The number of hydrogen-bond donors (Lipinski definition) is 1. The van der Waals surface area contributed by atoms with E-state index in [4.69, 9.17) is 11.6 Å². The lowest BCUT2D eigenvalue weighted by Crippen LogP contribution is -2.37. The van der Waals surface area contributed by atoms with Crippen molar-refractivity contribution >= 4 is 60.9 Å². The van der Waals surface area contributed by atoms with Crippen molar-refractivity contribution in [2.75, 3.05) is 11.9 Å². The minimum atomic E-state index is -3.98. The number of nitrogens with one attached hydrogen (secondary N) is 1. The molecule has 0 atom stereocenters. The van der Waals surface area contributed by atoms with Gasteiger partial charge in [-0.05, 0) is 66.2 Å². The van der Waals surface area contributed by atoms with E-state index >= 15 is 0 Å². The van der Waals surface area contributed by atoms with Gasteiger partial charge >= 0.3 is 0 Å². The van der Waals surface area contributed by atoms with Crippen molar-refractivity contribution < 1.29 is 13.2 Å². The third-order valence-corrected chi connectivity index (χ3v) is 8.85. The number of anilines is 1. The SMILES string of the molecule is O=C(CN(Cc1ccc(Br)cc1)S(=O)(=O)c1ccc(Cl)cc1)Nc1ccccc1Sc1ccccc1. The van der Waals surface area contributed by atoms with Crippen molar-refractivity contribution in [3.8, 4) is 0 Å². The number of carbonyl (C=O) groups excluding carboxylic acids is 1. The average molecular weight is 602 g/mol. The maximum absolute atomic E-state index is 13.5. The van der Waals surface area contributed by atoms with Gasteiger partial charge in [0.2, 0.25) is 15.9 Å². The predicted octanol–water partition coefficient (Wildman–Crippen LogP) is 7.08. The molecule has 0 unspecified atom stereocenters. The molecule has 0 bridgehead atoms. The zero-order valence-electron chi connectivity index (χ0n) is 19.0. The molecule has 0 fully saturated rings. The lowest BCUT2D eigenvalue weighted by Gasteiger charge is -2.22. The number of amides is 1. The fourth-order valence-electron chi connectivity index (χ4n) is 3.40. The summed E-state index contributed by atoms with van der Waals surface area (Å²) in [7, 11) is -3.98. The number of benzene rings is 4. The average Bonchev–Trinajstić information content (AvgIpc) is 2.87. The Hall–Kier alpha value is -2.62. The summed E-state index contributed by atoms with van der Waals surface area (Å²) >= 11 is 10.9. The Morgan fingerprint density at radius 3 is 2.19 bits per heavy atom. The molecule has 0 saturated carbocycles. The summed E-state index contributed by atoms with van der Waals surface area (Å²) in [6, 6.07) is 30.5. The Bertz CT molecular complexity index is 1430. The van der Waals surface area contributed by atoms with Crippen molar-refractivity contribution in [2.24, 2.45) is 0 Å². The van der Waals surface area contributed by atoms with Crippen LogP contribution in [0.15, 0.2) is 122 Å². The highest BCUT2D eigenvalue weighted by molar-refractivity contribution is 9.10. The molecule has 0 aliphatic heterocycles. The Morgan fingerprint density at radius 1 is 0.861 bits per heavy atom. The van der Waals surface area contributed by atoms with E-state index in [0.29, 0.717) is 10.7 Å². The minimum absolute atomic E-state index is 0.0338. The quantitative estimate of drug-likeness (QED) is 0.223. The van der Waals surface area contributed by atoms with Crippen molar-refractivity contribution in [3.63, 3.8) is 0 Å². The van der Waals surface area contributed by atoms with Crippen LogP contribution in [-0.2, 0) is 21.4 Å². The normalized spacial score (nSPS) is 11.4. The summed E-state index contributed by atoms with van der Waals surface area (Å²) in [5, 5.41) is 3.32. The Balaban J connectivity index is 1.57. The standard InChI is InChI=1S/C27H22BrClN2O3S2/c28-21-12-10-20(11-13-21)18-31(36(33,34)24-16-14-22(29)15-17-24)19-27(32)30-25-8-4-5-9-26(25)35-23-6-2-1-3-7-23/h1-17H,18-19H2,(H,30,32). The molecule has 0 aromatic heterocycles. The van der Waals surface area contributed by atoms with Gasteiger partial charge in [-0.1, -0.05) is 81.8 Å². The topological polar surface area (TPSA) is 66.5 Å². The molecule has 5 nitrogen and oxygen atoms in total. The van der Waals surface area contributed by atoms with Crippen LogP contribution in [-0.4, -0.2) is 25.2 Å². The van der Waals surface area contributed by atoms with E-state index in [0.717, 1.165) is 19.8 Å². The molecule has 0 saturated heterocycles. The lowest BCUT2D eigenvalue weighted by molar-refractivity contribution is -0.116. The second kappa shape index (κ2) is 12.1. The number of rotatable bonds is 9. The van der Waals surface area contributed by atoms with Crippen LogP contribution in [0.4, 0.5) is 5.69 Å². The summed E-state index contributed by atoms with van der Waals surface area (Å²) < 4.78 is 29.0. The third-order valence-electron chi connectivity index (χ3n) is 5.18. The first-order valence-electron chi connectivity index (χ1n) is 10.9. The van der Waals surface area contributed by atoms with E-state index in [-0.39, 0.29) is 18.0 Å².